The van der Waals surface area contributed by atoms with E-state index in [2.05, 4.69) is 23.5 Å². The van der Waals surface area contributed by atoms with Gasteiger partial charge in [0.1, 0.15) is 5.92 Å². The molecule has 3 N–H and O–H groups in total. The third-order valence-corrected chi connectivity index (χ3v) is 5.68. The van der Waals surface area contributed by atoms with Crippen LogP contribution in [-0.4, -0.2) is 32.0 Å². The van der Waals surface area contributed by atoms with Gasteiger partial charge in [0.25, 0.3) is 0 Å². The minimum atomic E-state index is -1.71. The average molecular weight is 390 g/mol. The SMILES string of the molecule is COc1cc([C@@H]2[C@@H]3C[NH2+]CC=C3[C@@H](C#N)C(=N)C2(C#N)C#N)ccc1OC(C)C. The van der Waals surface area contributed by atoms with E-state index in [0.717, 1.165) is 17.7 Å². The molecule has 1 saturated carbocycles. The fraction of sp³-hybridized carbons (Fsp3) is 0.455. The third kappa shape index (κ3) is 3.23. The van der Waals surface area contributed by atoms with Gasteiger partial charge in [0.2, 0.25) is 0 Å². The van der Waals surface area contributed by atoms with E-state index in [0.29, 0.717) is 18.0 Å². The van der Waals surface area contributed by atoms with Crippen molar-refractivity contribution in [2.24, 2.45) is 17.3 Å². The Hall–Kier alpha value is -3.34. The zero-order valence-electron chi connectivity index (χ0n) is 16.8. The van der Waals surface area contributed by atoms with Gasteiger partial charge in [-0.05, 0) is 43.2 Å². The maximum absolute atomic E-state index is 10.0. The van der Waals surface area contributed by atoms with E-state index in [9.17, 15) is 15.8 Å². The highest BCUT2D eigenvalue weighted by atomic mass is 16.5. The number of fused-ring (bicyclic) bond motifs is 1. The van der Waals surface area contributed by atoms with Crippen molar-refractivity contribution in [3.8, 4) is 29.7 Å². The summed E-state index contributed by atoms with van der Waals surface area (Å²) >= 11 is 0. The van der Waals surface area contributed by atoms with E-state index >= 15 is 0 Å². The first kappa shape index (κ1) is 20.4. The summed E-state index contributed by atoms with van der Waals surface area (Å²) in [4.78, 5) is 0. The molecule has 148 valence electrons. The molecule has 1 aliphatic heterocycles. The Morgan fingerprint density at radius 2 is 1.93 bits per heavy atom. The number of ether oxygens (including phenoxy) is 2. The van der Waals surface area contributed by atoms with E-state index in [1.807, 2.05) is 26.0 Å². The second-order valence-corrected chi connectivity index (χ2v) is 7.63. The molecule has 0 unspecified atom stereocenters. The molecule has 2 aliphatic rings. The first-order chi connectivity index (χ1) is 13.9. The molecular formula is C22H24N5O2+. The van der Waals surface area contributed by atoms with Crippen molar-refractivity contribution in [2.45, 2.75) is 25.9 Å². The van der Waals surface area contributed by atoms with E-state index in [1.54, 1.807) is 19.2 Å². The highest BCUT2D eigenvalue weighted by Crippen LogP contribution is 2.53. The van der Waals surface area contributed by atoms with Crippen molar-refractivity contribution in [1.29, 1.82) is 21.2 Å². The van der Waals surface area contributed by atoms with E-state index in [1.165, 1.54) is 0 Å². The molecule has 1 fully saturated rings. The summed E-state index contributed by atoms with van der Waals surface area (Å²) in [6.45, 7) is 5.21. The molecule has 0 spiro atoms. The van der Waals surface area contributed by atoms with Crippen LogP contribution in [0.3, 0.4) is 0 Å². The van der Waals surface area contributed by atoms with Crippen molar-refractivity contribution >= 4 is 5.71 Å². The number of benzene rings is 1. The third-order valence-electron chi connectivity index (χ3n) is 5.68. The summed E-state index contributed by atoms with van der Waals surface area (Å²) in [7, 11) is 1.54. The van der Waals surface area contributed by atoms with Gasteiger partial charge in [0, 0.05) is 11.8 Å². The van der Waals surface area contributed by atoms with Gasteiger partial charge in [-0.1, -0.05) is 6.07 Å². The summed E-state index contributed by atoms with van der Waals surface area (Å²) < 4.78 is 11.3. The molecular weight excluding hydrogens is 366 g/mol. The Morgan fingerprint density at radius 3 is 2.52 bits per heavy atom. The first-order valence-corrected chi connectivity index (χ1v) is 9.60. The molecule has 7 heteroatoms. The lowest BCUT2D eigenvalue weighted by Crippen LogP contribution is -2.87. The zero-order valence-corrected chi connectivity index (χ0v) is 16.8. The predicted molar refractivity (Wildman–Crippen MR) is 105 cm³/mol. The fourth-order valence-electron chi connectivity index (χ4n) is 4.44. The standard InChI is InChI=1S/C22H23N5O2/c1-13(2)29-18-5-4-14(8-19(18)28-3)20-17-10-27-7-6-15(17)16(9-23)21(26)22(20,11-24)12-25/h4-6,8,13,16-17,20,26-27H,7,10H2,1-3H3/p+1/t16-,17-,20-/m1/s1. The maximum atomic E-state index is 10.0. The Balaban J connectivity index is 2.20. The van der Waals surface area contributed by atoms with Gasteiger partial charge < -0.3 is 20.2 Å². The molecule has 3 rings (SSSR count). The highest BCUT2D eigenvalue weighted by Gasteiger charge is 2.58. The summed E-state index contributed by atoms with van der Waals surface area (Å²) in [5.74, 6) is -0.504. The lowest BCUT2D eigenvalue weighted by atomic mass is 9.54. The number of nitrogens with zero attached hydrogens (tertiary/aromatic N) is 3. The molecule has 1 aromatic rings. The second-order valence-electron chi connectivity index (χ2n) is 7.63. The molecule has 7 nitrogen and oxygen atoms in total. The van der Waals surface area contributed by atoms with Crippen molar-refractivity contribution in [1.82, 2.24) is 0 Å². The number of quaternary nitrogens is 1. The number of rotatable bonds is 4. The summed E-state index contributed by atoms with van der Waals surface area (Å²) in [6, 6.07) is 11.7. The topological polar surface area (TPSA) is 130 Å². The normalized spacial score (nSPS) is 25.1. The minimum absolute atomic E-state index is 0.0335. The quantitative estimate of drug-likeness (QED) is 0.758. The van der Waals surface area contributed by atoms with Crippen LogP contribution in [0.1, 0.15) is 25.3 Å². The van der Waals surface area contributed by atoms with E-state index in [4.69, 9.17) is 14.9 Å². The average Bonchev–Trinajstić information content (AvgIpc) is 2.73. The molecule has 0 saturated heterocycles. The smallest absolute Gasteiger partial charge is 0.189 e. The van der Waals surface area contributed by atoms with Gasteiger partial charge in [-0.3, -0.25) is 0 Å². The summed E-state index contributed by atoms with van der Waals surface area (Å²) in [5, 5.41) is 40.5. The molecule has 0 bridgehead atoms. The Bertz CT molecular complexity index is 962. The van der Waals surface area contributed by atoms with Crippen molar-refractivity contribution in [2.75, 3.05) is 20.2 Å². The van der Waals surface area contributed by atoms with Crippen molar-refractivity contribution < 1.29 is 14.8 Å². The van der Waals surface area contributed by atoms with Crippen molar-refractivity contribution in [3.05, 3.63) is 35.4 Å². The summed E-state index contributed by atoms with van der Waals surface area (Å²) in [5.41, 5.74) is -0.277. The Labute approximate surface area is 170 Å². The Kier molecular flexibility index (Phi) is 5.59. The number of hydrogen-bond acceptors (Lipinski definition) is 6. The van der Waals surface area contributed by atoms with Gasteiger partial charge >= 0.3 is 0 Å². The molecule has 29 heavy (non-hydrogen) atoms. The van der Waals surface area contributed by atoms with Gasteiger partial charge in [0.05, 0.1) is 50.2 Å². The van der Waals surface area contributed by atoms with Crippen LogP contribution in [0.5, 0.6) is 11.5 Å². The number of nitrogens with two attached hydrogens (primary N) is 1. The molecule has 1 heterocycles. The van der Waals surface area contributed by atoms with E-state index < -0.39 is 17.3 Å². The molecule has 1 aromatic carbocycles. The molecule has 0 radical (unpaired) electrons. The van der Waals surface area contributed by atoms with Gasteiger partial charge in [-0.2, -0.15) is 15.8 Å². The van der Waals surface area contributed by atoms with Gasteiger partial charge in [0.15, 0.2) is 16.9 Å². The van der Waals surface area contributed by atoms with Crippen LogP contribution in [0.2, 0.25) is 0 Å². The van der Waals surface area contributed by atoms with Crippen LogP contribution in [0, 0.1) is 56.7 Å². The number of nitriles is 3. The van der Waals surface area contributed by atoms with Crippen LogP contribution in [0.15, 0.2) is 29.8 Å². The summed E-state index contributed by atoms with van der Waals surface area (Å²) in [6.07, 6.45) is 1.93. The number of hydrogen-bond donors (Lipinski definition) is 2. The maximum Gasteiger partial charge on any atom is 0.189 e. The Morgan fingerprint density at radius 1 is 1.21 bits per heavy atom. The van der Waals surface area contributed by atoms with Gasteiger partial charge in [-0.25, -0.2) is 0 Å². The number of methoxy groups -OCH3 is 1. The van der Waals surface area contributed by atoms with E-state index in [-0.39, 0.29) is 17.7 Å². The van der Waals surface area contributed by atoms with Crippen LogP contribution in [-0.2, 0) is 0 Å². The first-order valence-electron chi connectivity index (χ1n) is 9.60. The second kappa shape index (κ2) is 7.95. The molecule has 3 atom stereocenters. The van der Waals surface area contributed by atoms with Crippen LogP contribution in [0.25, 0.3) is 0 Å². The molecule has 0 amide bonds. The largest absolute Gasteiger partial charge is 0.493 e. The zero-order chi connectivity index (χ0) is 21.2. The monoisotopic (exact) mass is 390 g/mol. The van der Waals surface area contributed by atoms with Crippen LogP contribution >= 0.6 is 0 Å². The number of nitrogens with one attached hydrogen (secondary N) is 1. The van der Waals surface area contributed by atoms with Gasteiger partial charge in [-0.15, -0.1) is 0 Å². The van der Waals surface area contributed by atoms with Crippen LogP contribution < -0.4 is 14.8 Å². The predicted octanol–water partition coefficient (Wildman–Crippen LogP) is 1.89. The lowest BCUT2D eigenvalue weighted by Gasteiger charge is -2.44. The lowest BCUT2D eigenvalue weighted by molar-refractivity contribution is -0.654. The molecule has 0 aromatic heterocycles. The van der Waals surface area contributed by atoms with Crippen molar-refractivity contribution in [3.63, 3.8) is 0 Å². The van der Waals surface area contributed by atoms with Crippen LogP contribution in [0.4, 0.5) is 0 Å². The molecule has 1 aliphatic carbocycles. The minimum Gasteiger partial charge on any atom is -0.493 e. The fourth-order valence-corrected chi connectivity index (χ4v) is 4.44. The highest BCUT2D eigenvalue weighted by molar-refractivity contribution is 6.00.